The number of hydrazine groups is 1. The summed E-state index contributed by atoms with van der Waals surface area (Å²) in [4.78, 5) is 1.20. The maximum Gasteiger partial charge on any atom is 0.0813 e. The first-order chi connectivity index (χ1) is 7.72. The van der Waals surface area contributed by atoms with E-state index in [1.165, 1.54) is 4.88 Å². The average Bonchev–Trinajstić information content (AvgIpc) is 2.75. The highest BCUT2D eigenvalue weighted by Gasteiger charge is 2.16. The van der Waals surface area contributed by atoms with Crippen LogP contribution in [0.4, 0.5) is 0 Å². The maximum absolute atomic E-state index is 5.63. The zero-order valence-electron chi connectivity index (χ0n) is 8.28. The molecule has 0 bridgehead atoms. The molecule has 0 aliphatic rings. The Bertz CT molecular complexity index is 471. The smallest absolute Gasteiger partial charge is 0.0813 e. The van der Waals surface area contributed by atoms with Gasteiger partial charge >= 0.3 is 0 Å². The van der Waals surface area contributed by atoms with Crippen LogP contribution >= 0.6 is 43.2 Å². The van der Waals surface area contributed by atoms with Crippen LogP contribution in [0, 0.1) is 0 Å². The van der Waals surface area contributed by atoms with E-state index in [1.807, 2.05) is 23.6 Å². The van der Waals surface area contributed by atoms with Crippen LogP contribution in [-0.2, 0) is 0 Å². The van der Waals surface area contributed by atoms with Gasteiger partial charge in [0, 0.05) is 13.8 Å². The van der Waals surface area contributed by atoms with Gasteiger partial charge in [0.1, 0.15) is 0 Å². The zero-order valence-corrected chi connectivity index (χ0v) is 12.3. The van der Waals surface area contributed by atoms with E-state index in [1.54, 1.807) is 11.3 Å². The molecular formula is C11H10Br2N2S. The fourth-order valence-corrected chi connectivity index (χ4v) is 3.59. The van der Waals surface area contributed by atoms with Crippen molar-refractivity contribution in [3.05, 3.63) is 55.1 Å². The molecule has 2 rings (SSSR count). The molecule has 0 saturated carbocycles. The third-order valence-corrected chi connectivity index (χ3v) is 4.39. The summed E-state index contributed by atoms with van der Waals surface area (Å²) in [5, 5.41) is 2.05. The molecule has 0 aliphatic carbocycles. The van der Waals surface area contributed by atoms with Gasteiger partial charge in [-0.2, -0.15) is 0 Å². The number of benzene rings is 1. The van der Waals surface area contributed by atoms with Crippen LogP contribution in [0.1, 0.15) is 16.5 Å². The highest BCUT2D eigenvalue weighted by atomic mass is 79.9. The molecule has 5 heteroatoms. The van der Waals surface area contributed by atoms with Crippen molar-refractivity contribution in [2.24, 2.45) is 5.84 Å². The Labute approximate surface area is 115 Å². The van der Waals surface area contributed by atoms with E-state index < -0.39 is 0 Å². The first kappa shape index (κ1) is 12.3. The minimum Gasteiger partial charge on any atom is -0.271 e. The molecule has 0 fully saturated rings. The molecular weight excluding hydrogens is 352 g/mol. The Morgan fingerprint density at radius 3 is 2.62 bits per heavy atom. The molecule has 2 nitrogen and oxygen atoms in total. The molecule has 0 saturated heterocycles. The lowest BCUT2D eigenvalue weighted by molar-refractivity contribution is 0.644. The van der Waals surface area contributed by atoms with E-state index in [2.05, 4.69) is 49.4 Å². The van der Waals surface area contributed by atoms with Gasteiger partial charge in [0.05, 0.1) is 6.04 Å². The second kappa shape index (κ2) is 5.42. The van der Waals surface area contributed by atoms with Crippen molar-refractivity contribution in [3.63, 3.8) is 0 Å². The molecule has 0 radical (unpaired) electrons. The normalized spacial score (nSPS) is 12.7. The number of hydrogen-bond donors (Lipinski definition) is 2. The van der Waals surface area contributed by atoms with E-state index in [0.29, 0.717) is 0 Å². The van der Waals surface area contributed by atoms with E-state index in [9.17, 15) is 0 Å². The first-order valence-electron chi connectivity index (χ1n) is 4.67. The molecule has 3 N–H and O–H groups in total. The number of rotatable bonds is 3. The summed E-state index contributed by atoms with van der Waals surface area (Å²) < 4.78 is 2.09. The lowest BCUT2D eigenvalue weighted by Crippen LogP contribution is -2.28. The van der Waals surface area contributed by atoms with Crippen molar-refractivity contribution >= 4 is 43.2 Å². The van der Waals surface area contributed by atoms with Crippen LogP contribution in [0.2, 0.25) is 0 Å². The van der Waals surface area contributed by atoms with Crippen molar-refractivity contribution in [1.82, 2.24) is 5.43 Å². The van der Waals surface area contributed by atoms with Gasteiger partial charge in [-0.3, -0.25) is 5.84 Å². The summed E-state index contributed by atoms with van der Waals surface area (Å²) in [6, 6.07) is 10.2. The molecule has 1 atom stereocenters. The lowest BCUT2D eigenvalue weighted by Gasteiger charge is -2.16. The highest BCUT2D eigenvalue weighted by Crippen LogP contribution is 2.32. The minimum absolute atomic E-state index is 0.0301. The topological polar surface area (TPSA) is 38.0 Å². The Morgan fingerprint density at radius 1 is 1.25 bits per heavy atom. The lowest BCUT2D eigenvalue weighted by atomic mass is 10.1. The van der Waals surface area contributed by atoms with E-state index in [0.717, 1.165) is 14.5 Å². The Hall–Kier alpha value is -0.200. The number of hydrogen-bond acceptors (Lipinski definition) is 3. The quantitative estimate of drug-likeness (QED) is 0.644. The van der Waals surface area contributed by atoms with Crippen molar-refractivity contribution in [2.75, 3.05) is 0 Å². The monoisotopic (exact) mass is 360 g/mol. The summed E-state index contributed by atoms with van der Waals surface area (Å²) in [5.74, 6) is 5.63. The molecule has 2 aromatic rings. The standard InChI is InChI=1S/C11H10Br2N2S/c12-7-3-4-8(9(13)6-7)11(15-14)10-2-1-5-16-10/h1-6,11,15H,14H2. The SMILES string of the molecule is NNC(c1cccs1)c1ccc(Br)cc1Br. The molecule has 1 heterocycles. The predicted octanol–water partition coefficient (Wildman–Crippen LogP) is 3.83. The fraction of sp³-hybridized carbons (Fsp3) is 0.0909. The van der Waals surface area contributed by atoms with Gasteiger partial charge < -0.3 is 0 Å². The van der Waals surface area contributed by atoms with E-state index in [-0.39, 0.29) is 6.04 Å². The molecule has 0 aliphatic heterocycles. The number of nitrogens with one attached hydrogen (secondary N) is 1. The number of halogens is 2. The van der Waals surface area contributed by atoms with Crippen LogP contribution < -0.4 is 11.3 Å². The Morgan fingerprint density at radius 2 is 2.06 bits per heavy atom. The van der Waals surface area contributed by atoms with Crippen molar-refractivity contribution in [2.45, 2.75) is 6.04 Å². The molecule has 84 valence electrons. The Kier molecular flexibility index (Phi) is 4.16. The molecule has 0 amide bonds. The minimum atomic E-state index is 0.0301. The third kappa shape index (κ3) is 2.55. The number of nitrogens with two attached hydrogens (primary N) is 1. The van der Waals surface area contributed by atoms with Crippen molar-refractivity contribution < 1.29 is 0 Å². The average molecular weight is 362 g/mol. The van der Waals surface area contributed by atoms with Gasteiger partial charge in [-0.25, -0.2) is 5.43 Å². The van der Waals surface area contributed by atoms with Crippen LogP contribution in [0.3, 0.4) is 0 Å². The zero-order chi connectivity index (χ0) is 11.5. The Balaban J connectivity index is 2.41. The highest BCUT2D eigenvalue weighted by molar-refractivity contribution is 9.11. The van der Waals surface area contributed by atoms with Gasteiger partial charge in [0.2, 0.25) is 0 Å². The van der Waals surface area contributed by atoms with Gasteiger partial charge in [-0.15, -0.1) is 11.3 Å². The second-order valence-corrected chi connectivity index (χ2v) is 6.03. The van der Waals surface area contributed by atoms with Gasteiger partial charge in [-0.1, -0.05) is 44.0 Å². The third-order valence-electron chi connectivity index (χ3n) is 2.27. The van der Waals surface area contributed by atoms with Crippen molar-refractivity contribution in [3.8, 4) is 0 Å². The van der Waals surface area contributed by atoms with Crippen molar-refractivity contribution in [1.29, 1.82) is 0 Å². The maximum atomic E-state index is 5.63. The van der Waals surface area contributed by atoms with Crippen LogP contribution in [-0.4, -0.2) is 0 Å². The summed E-state index contributed by atoms with van der Waals surface area (Å²) >= 11 is 8.68. The van der Waals surface area contributed by atoms with E-state index in [4.69, 9.17) is 5.84 Å². The van der Waals surface area contributed by atoms with Crippen LogP contribution in [0.15, 0.2) is 44.7 Å². The first-order valence-corrected chi connectivity index (χ1v) is 7.13. The summed E-state index contributed by atoms with van der Waals surface area (Å²) in [6.07, 6.45) is 0. The van der Waals surface area contributed by atoms with Crippen LogP contribution in [0.5, 0.6) is 0 Å². The number of thiophene rings is 1. The van der Waals surface area contributed by atoms with E-state index >= 15 is 0 Å². The molecule has 1 unspecified atom stereocenters. The van der Waals surface area contributed by atoms with Gasteiger partial charge in [0.15, 0.2) is 0 Å². The molecule has 1 aromatic carbocycles. The van der Waals surface area contributed by atoms with Gasteiger partial charge in [-0.05, 0) is 29.1 Å². The summed E-state index contributed by atoms with van der Waals surface area (Å²) in [7, 11) is 0. The second-order valence-electron chi connectivity index (χ2n) is 3.28. The predicted molar refractivity (Wildman–Crippen MR) is 75.3 cm³/mol. The van der Waals surface area contributed by atoms with Crippen LogP contribution in [0.25, 0.3) is 0 Å². The summed E-state index contributed by atoms with van der Waals surface area (Å²) in [5.41, 5.74) is 3.98. The molecule has 16 heavy (non-hydrogen) atoms. The molecule has 0 spiro atoms. The molecule has 1 aromatic heterocycles. The largest absolute Gasteiger partial charge is 0.271 e. The van der Waals surface area contributed by atoms with Gasteiger partial charge in [0.25, 0.3) is 0 Å². The summed E-state index contributed by atoms with van der Waals surface area (Å²) in [6.45, 7) is 0. The fourth-order valence-electron chi connectivity index (χ4n) is 1.52.